The number of halogens is 2. The lowest BCUT2D eigenvalue weighted by Crippen LogP contribution is -2.28. The molecule has 0 radical (unpaired) electrons. The normalized spacial score (nSPS) is 10.2. The zero-order valence-corrected chi connectivity index (χ0v) is 11.6. The molecule has 0 unspecified atom stereocenters. The number of ether oxygens (including phenoxy) is 1. The van der Waals surface area contributed by atoms with Crippen molar-refractivity contribution in [3.63, 3.8) is 0 Å². The van der Waals surface area contributed by atoms with E-state index in [1.54, 1.807) is 7.11 Å². The Hall–Kier alpha value is -1.21. The van der Waals surface area contributed by atoms with Crippen LogP contribution < -0.4 is 10.6 Å². The lowest BCUT2D eigenvalue weighted by atomic mass is 10.3. The van der Waals surface area contributed by atoms with E-state index in [-0.39, 0.29) is 18.1 Å². The summed E-state index contributed by atoms with van der Waals surface area (Å²) < 4.78 is 18.7. The van der Waals surface area contributed by atoms with Crippen molar-refractivity contribution >= 4 is 27.7 Å². The summed E-state index contributed by atoms with van der Waals surface area (Å²) >= 11 is 3.12. The minimum atomic E-state index is -0.454. The van der Waals surface area contributed by atoms with E-state index in [0.717, 1.165) is 0 Å². The first-order valence-corrected chi connectivity index (χ1v) is 6.23. The van der Waals surface area contributed by atoms with Gasteiger partial charge in [0.15, 0.2) is 11.6 Å². The summed E-state index contributed by atoms with van der Waals surface area (Å²) in [5, 5.41) is 5.43. The SMILES string of the molecule is COCCNC(=O)CCNc1ncc(Br)cc1F. The first-order chi connectivity index (χ1) is 8.63. The average Bonchev–Trinajstić information content (AvgIpc) is 2.32. The Kier molecular flexibility index (Phi) is 6.59. The second kappa shape index (κ2) is 7.99. The molecule has 0 aliphatic carbocycles. The third-order valence-corrected chi connectivity index (χ3v) is 2.51. The van der Waals surface area contributed by atoms with Crippen molar-refractivity contribution in [2.24, 2.45) is 0 Å². The molecule has 18 heavy (non-hydrogen) atoms. The summed E-state index contributed by atoms with van der Waals surface area (Å²) in [6, 6.07) is 1.31. The zero-order chi connectivity index (χ0) is 13.4. The van der Waals surface area contributed by atoms with Gasteiger partial charge in [0.25, 0.3) is 0 Å². The summed E-state index contributed by atoms with van der Waals surface area (Å²) in [5.41, 5.74) is 0. The van der Waals surface area contributed by atoms with Crippen LogP contribution in [0, 0.1) is 5.82 Å². The van der Waals surface area contributed by atoms with E-state index in [9.17, 15) is 9.18 Å². The first kappa shape index (κ1) is 14.8. The fraction of sp³-hybridized carbons (Fsp3) is 0.455. The maximum absolute atomic E-state index is 13.4. The first-order valence-electron chi connectivity index (χ1n) is 5.44. The molecule has 7 heteroatoms. The van der Waals surface area contributed by atoms with E-state index in [1.807, 2.05) is 0 Å². The van der Waals surface area contributed by atoms with Gasteiger partial charge >= 0.3 is 0 Å². The van der Waals surface area contributed by atoms with Gasteiger partial charge in [-0.1, -0.05) is 0 Å². The molecule has 100 valence electrons. The number of pyridine rings is 1. The highest BCUT2D eigenvalue weighted by Gasteiger charge is 2.05. The Balaban J connectivity index is 2.26. The molecule has 0 fully saturated rings. The molecular formula is C11H15BrFN3O2. The van der Waals surface area contributed by atoms with Gasteiger partial charge < -0.3 is 15.4 Å². The molecule has 0 saturated heterocycles. The van der Waals surface area contributed by atoms with Gasteiger partial charge in [0.1, 0.15) is 0 Å². The molecule has 1 rings (SSSR count). The summed E-state index contributed by atoms with van der Waals surface area (Å²) in [7, 11) is 1.57. The maximum atomic E-state index is 13.4. The highest BCUT2D eigenvalue weighted by Crippen LogP contribution is 2.15. The van der Waals surface area contributed by atoms with Gasteiger partial charge in [-0.25, -0.2) is 9.37 Å². The summed E-state index contributed by atoms with van der Waals surface area (Å²) in [5.74, 6) is -0.427. The van der Waals surface area contributed by atoms with Gasteiger partial charge in [-0.15, -0.1) is 0 Å². The number of aromatic nitrogens is 1. The molecule has 0 aliphatic rings. The zero-order valence-electron chi connectivity index (χ0n) is 10.0. The Bertz CT molecular complexity index is 404. The van der Waals surface area contributed by atoms with E-state index >= 15 is 0 Å². The van der Waals surface area contributed by atoms with Crippen LogP contribution in [-0.4, -0.2) is 37.7 Å². The number of methoxy groups -OCH3 is 1. The van der Waals surface area contributed by atoms with Crippen molar-refractivity contribution in [3.8, 4) is 0 Å². The van der Waals surface area contributed by atoms with E-state index in [1.165, 1.54) is 12.3 Å². The lowest BCUT2D eigenvalue weighted by molar-refractivity contribution is -0.121. The van der Waals surface area contributed by atoms with Crippen molar-refractivity contribution in [2.45, 2.75) is 6.42 Å². The van der Waals surface area contributed by atoms with Gasteiger partial charge in [-0.05, 0) is 22.0 Å². The molecule has 0 aromatic carbocycles. The van der Waals surface area contributed by atoms with Crippen LogP contribution in [0.2, 0.25) is 0 Å². The van der Waals surface area contributed by atoms with Crippen molar-refractivity contribution in [1.29, 1.82) is 0 Å². The molecule has 1 aromatic rings. The van der Waals surface area contributed by atoms with Crippen LogP contribution >= 0.6 is 15.9 Å². The molecule has 0 saturated carbocycles. The van der Waals surface area contributed by atoms with Crippen LogP contribution in [0.5, 0.6) is 0 Å². The smallest absolute Gasteiger partial charge is 0.221 e. The topological polar surface area (TPSA) is 63.2 Å². The number of hydrogen-bond donors (Lipinski definition) is 2. The van der Waals surface area contributed by atoms with Crippen LogP contribution in [0.3, 0.4) is 0 Å². The van der Waals surface area contributed by atoms with Gasteiger partial charge in [0.05, 0.1) is 6.61 Å². The molecule has 5 nitrogen and oxygen atoms in total. The minimum absolute atomic E-state index is 0.114. The largest absolute Gasteiger partial charge is 0.383 e. The molecule has 2 N–H and O–H groups in total. The predicted molar refractivity (Wildman–Crippen MR) is 69.9 cm³/mol. The minimum Gasteiger partial charge on any atom is -0.383 e. The maximum Gasteiger partial charge on any atom is 0.221 e. The van der Waals surface area contributed by atoms with Crippen LogP contribution in [0.25, 0.3) is 0 Å². The Morgan fingerprint density at radius 2 is 2.33 bits per heavy atom. The number of anilines is 1. The number of hydrogen-bond acceptors (Lipinski definition) is 4. The number of nitrogens with zero attached hydrogens (tertiary/aromatic N) is 1. The molecule has 0 atom stereocenters. The Morgan fingerprint density at radius 1 is 1.56 bits per heavy atom. The third-order valence-electron chi connectivity index (χ3n) is 2.08. The second-order valence-corrected chi connectivity index (χ2v) is 4.42. The average molecular weight is 320 g/mol. The number of carbonyl (C=O) groups is 1. The quantitative estimate of drug-likeness (QED) is 0.748. The van der Waals surface area contributed by atoms with Gasteiger partial charge in [-0.3, -0.25) is 4.79 Å². The number of carbonyl (C=O) groups excluding carboxylic acids is 1. The Labute approximate surface area is 113 Å². The summed E-state index contributed by atoms with van der Waals surface area (Å²) in [6.45, 7) is 1.27. The van der Waals surface area contributed by atoms with Gasteiger partial charge in [-0.2, -0.15) is 0 Å². The highest BCUT2D eigenvalue weighted by molar-refractivity contribution is 9.10. The fourth-order valence-electron chi connectivity index (χ4n) is 1.22. The molecule has 1 amide bonds. The predicted octanol–water partition coefficient (Wildman–Crippen LogP) is 1.55. The van der Waals surface area contributed by atoms with Crippen molar-refractivity contribution in [1.82, 2.24) is 10.3 Å². The second-order valence-electron chi connectivity index (χ2n) is 3.50. The molecule has 1 aromatic heterocycles. The number of rotatable bonds is 7. The van der Waals surface area contributed by atoms with E-state index in [2.05, 4.69) is 31.5 Å². The standard InChI is InChI=1S/C11H15BrFN3O2/c1-18-5-4-14-10(17)2-3-15-11-9(13)6-8(12)7-16-11/h6-7H,2-5H2,1H3,(H,14,17)(H,15,16). The van der Waals surface area contributed by atoms with Crippen LogP contribution in [-0.2, 0) is 9.53 Å². The fourth-order valence-corrected chi connectivity index (χ4v) is 1.52. The third kappa shape index (κ3) is 5.42. The summed E-state index contributed by atoms with van der Waals surface area (Å²) in [4.78, 5) is 15.2. The van der Waals surface area contributed by atoms with Crippen LogP contribution in [0.15, 0.2) is 16.7 Å². The van der Waals surface area contributed by atoms with E-state index < -0.39 is 5.82 Å². The van der Waals surface area contributed by atoms with Crippen LogP contribution in [0.1, 0.15) is 6.42 Å². The van der Waals surface area contributed by atoms with E-state index in [4.69, 9.17) is 4.74 Å². The molecule has 0 aliphatic heterocycles. The molecule has 1 heterocycles. The Morgan fingerprint density at radius 3 is 3.00 bits per heavy atom. The molecule has 0 spiro atoms. The van der Waals surface area contributed by atoms with Gasteiger partial charge in [0, 0.05) is 37.3 Å². The number of amides is 1. The van der Waals surface area contributed by atoms with Crippen LogP contribution in [0.4, 0.5) is 10.2 Å². The molecular weight excluding hydrogens is 305 g/mol. The monoisotopic (exact) mass is 319 g/mol. The lowest BCUT2D eigenvalue weighted by Gasteiger charge is -2.07. The van der Waals surface area contributed by atoms with Crippen molar-refractivity contribution < 1.29 is 13.9 Å². The molecule has 0 bridgehead atoms. The summed E-state index contributed by atoms with van der Waals surface area (Å²) in [6.07, 6.45) is 1.74. The van der Waals surface area contributed by atoms with E-state index in [0.29, 0.717) is 24.2 Å². The highest BCUT2D eigenvalue weighted by atomic mass is 79.9. The number of nitrogens with one attached hydrogen (secondary N) is 2. The van der Waals surface area contributed by atoms with Gasteiger partial charge in [0.2, 0.25) is 5.91 Å². The van der Waals surface area contributed by atoms with Crippen molar-refractivity contribution in [2.75, 3.05) is 32.1 Å². The van der Waals surface area contributed by atoms with Crippen molar-refractivity contribution in [3.05, 3.63) is 22.6 Å².